The van der Waals surface area contributed by atoms with Gasteiger partial charge in [-0.2, -0.15) is 0 Å². The third-order valence-corrected chi connectivity index (χ3v) is 3.45. The van der Waals surface area contributed by atoms with Crippen LogP contribution in [-0.2, 0) is 6.42 Å². The van der Waals surface area contributed by atoms with Crippen molar-refractivity contribution >= 4 is 15.9 Å². The molecule has 3 heteroatoms. The van der Waals surface area contributed by atoms with E-state index in [4.69, 9.17) is 4.74 Å². The standard InChI is InChI=1S/C14H22BrNO/c1-5-16-13(10(2)3)9-11-8-12(15)6-7-14(11)17-4/h6-8,10,13,16H,5,9H2,1-4H3. The first-order valence-electron chi connectivity index (χ1n) is 6.14. The summed E-state index contributed by atoms with van der Waals surface area (Å²) in [7, 11) is 1.73. The smallest absolute Gasteiger partial charge is 0.122 e. The minimum Gasteiger partial charge on any atom is -0.496 e. The maximum atomic E-state index is 5.41. The maximum Gasteiger partial charge on any atom is 0.122 e. The summed E-state index contributed by atoms with van der Waals surface area (Å²) in [6.07, 6.45) is 0.994. The third-order valence-electron chi connectivity index (χ3n) is 2.95. The van der Waals surface area contributed by atoms with Gasteiger partial charge in [0.2, 0.25) is 0 Å². The van der Waals surface area contributed by atoms with Crippen molar-refractivity contribution < 1.29 is 4.74 Å². The third kappa shape index (κ3) is 4.32. The Morgan fingerprint density at radius 3 is 2.59 bits per heavy atom. The van der Waals surface area contributed by atoms with Crippen LogP contribution >= 0.6 is 15.9 Å². The first kappa shape index (κ1) is 14.5. The number of hydrogen-bond acceptors (Lipinski definition) is 2. The Morgan fingerprint density at radius 1 is 1.35 bits per heavy atom. The summed E-state index contributed by atoms with van der Waals surface area (Å²) in [5.74, 6) is 1.58. The van der Waals surface area contributed by atoms with Crippen molar-refractivity contribution in [3.05, 3.63) is 28.2 Å². The van der Waals surface area contributed by atoms with Gasteiger partial charge < -0.3 is 10.1 Å². The van der Waals surface area contributed by atoms with Gasteiger partial charge >= 0.3 is 0 Å². The number of rotatable bonds is 6. The first-order chi connectivity index (χ1) is 8.08. The Hall–Kier alpha value is -0.540. The molecule has 0 fully saturated rings. The largest absolute Gasteiger partial charge is 0.496 e. The van der Waals surface area contributed by atoms with Crippen LogP contribution in [0, 0.1) is 5.92 Å². The van der Waals surface area contributed by atoms with E-state index < -0.39 is 0 Å². The number of halogens is 1. The summed E-state index contributed by atoms with van der Waals surface area (Å²) in [5, 5.41) is 3.53. The molecular weight excluding hydrogens is 278 g/mol. The predicted molar refractivity (Wildman–Crippen MR) is 76.7 cm³/mol. The number of methoxy groups -OCH3 is 1. The highest BCUT2D eigenvalue weighted by Crippen LogP contribution is 2.25. The van der Waals surface area contributed by atoms with Gasteiger partial charge in [0.1, 0.15) is 5.75 Å². The van der Waals surface area contributed by atoms with Gasteiger partial charge in [0.15, 0.2) is 0 Å². The van der Waals surface area contributed by atoms with E-state index in [1.165, 1.54) is 5.56 Å². The molecule has 0 saturated heterocycles. The zero-order chi connectivity index (χ0) is 12.8. The van der Waals surface area contributed by atoms with Crippen molar-refractivity contribution in [1.29, 1.82) is 0 Å². The second-order valence-corrected chi connectivity index (χ2v) is 5.48. The molecule has 0 heterocycles. The van der Waals surface area contributed by atoms with Gasteiger partial charge in [-0.15, -0.1) is 0 Å². The van der Waals surface area contributed by atoms with Crippen molar-refractivity contribution in [3.63, 3.8) is 0 Å². The number of benzene rings is 1. The Morgan fingerprint density at radius 2 is 2.06 bits per heavy atom. The van der Waals surface area contributed by atoms with Crippen LogP contribution in [0.5, 0.6) is 5.75 Å². The van der Waals surface area contributed by atoms with Crippen LogP contribution in [0.4, 0.5) is 0 Å². The SMILES string of the molecule is CCNC(Cc1cc(Br)ccc1OC)C(C)C. The van der Waals surface area contributed by atoms with Crippen LogP contribution < -0.4 is 10.1 Å². The van der Waals surface area contributed by atoms with Gasteiger partial charge in [-0.25, -0.2) is 0 Å². The fourth-order valence-electron chi connectivity index (χ4n) is 1.95. The molecule has 17 heavy (non-hydrogen) atoms. The highest BCUT2D eigenvalue weighted by Gasteiger charge is 2.15. The van der Waals surface area contributed by atoms with E-state index in [0.29, 0.717) is 12.0 Å². The molecular formula is C14H22BrNO. The van der Waals surface area contributed by atoms with Crippen LogP contribution in [-0.4, -0.2) is 19.7 Å². The average Bonchev–Trinajstić information content (AvgIpc) is 2.28. The van der Waals surface area contributed by atoms with E-state index in [0.717, 1.165) is 23.2 Å². The lowest BCUT2D eigenvalue weighted by atomic mass is 9.96. The molecule has 1 aromatic carbocycles. The summed E-state index contributed by atoms with van der Waals surface area (Å²) < 4.78 is 6.51. The second-order valence-electron chi connectivity index (χ2n) is 4.57. The molecule has 1 rings (SSSR count). The molecule has 0 radical (unpaired) electrons. The highest BCUT2D eigenvalue weighted by atomic mass is 79.9. The summed E-state index contributed by atoms with van der Waals surface area (Å²) in [5.41, 5.74) is 1.25. The van der Waals surface area contributed by atoms with Crippen molar-refractivity contribution in [2.75, 3.05) is 13.7 Å². The molecule has 0 aliphatic carbocycles. The van der Waals surface area contributed by atoms with Gasteiger partial charge in [0.25, 0.3) is 0 Å². The normalized spacial score (nSPS) is 12.8. The van der Waals surface area contributed by atoms with E-state index in [1.807, 2.05) is 12.1 Å². The maximum absolute atomic E-state index is 5.41. The minimum atomic E-state index is 0.489. The molecule has 1 N–H and O–H groups in total. The van der Waals surface area contributed by atoms with Crippen molar-refractivity contribution in [2.45, 2.75) is 33.2 Å². The van der Waals surface area contributed by atoms with Crippen LogP contribution in [0.15, 0.2) is 22.7 Å². The quantitative estimate of drug-likeness (QED) is 0.866. The number of nitrogens with one attached hydrogen (secondary N) is 1. The van der Waals surface area contributed by atoms with Gasteiger partial charge in [0, 0.05) is 10.5 Å². The molecule has 0 bridgehead atoms. The van der Waals surface area contributed by atoms with Crippen LogP contribution in [0.3, 0.4) is 0 Å². The topological polar surface area (TPSA) is 21.3 Å². The van der Waals surface area contributed by atoms with Crippen molar-refractivity contribution in [2.24, 2.45) is 5.92 Å². The number of ether oxygens (including phenoxy) is 1. The predicted octanol–water partition coefficient (Wildman–Crippen LogP) is 3.63. The number of likely N-dealkylation sites (N-methyl/N-ethyl adjacent to an activating group) is 1. The Bertz CT molecular complexity index is 352. The molecule has 0 aliphatic heterocycles. The lowest BCUT2D eigenvalue weighted by Gasteiger charge is -2.23. The van der Waals surface area contributed by atoms with Crippen LogP contribution in [0.1, 0.15) is 26.3 Å². The molecule has 96 valence electrons. The van der Waals surface area contributed by atoms with E-state index in [1.54, 1.807) is 7.11 Å². The molecule has 1 unspecified atom stereocenters. The van der Waals surface area contributed by atoms with Crippen molar-refractivity contribution in [1.82, 2.24) is 5.32 Å². The Balaban J connectivity index is 2.87. The van der Waals surface area contributed by atoms with Gasteiger partial charge in [-0.05, 0) is 42.6 Å². The average molecular weight is 300 g/mol. The molecule has 2 nitrogen and oxygen atoms in total. The zero-order valence-corrected chi connectivity index (χ0v) is 12.7. The highest BCUT2D eigenvalue weighted by molar-refractivity contribution is 9.10. The summed E-state index contributed by atoms with van der Waals surface area (Å²) in [6.45, 7) is 7.64. The molecule has 0 aliphatic rings. The van der Waals surface area contributed by atoms with E-state index >= 15 is 0 Å². The Labute approximate surface area is 113 Å². The van der Waals surface area contributed by atoms with Gasteiger partial charge in [-0.3, -0.25) is 0 Å². The molecule has 0 amide bonds. The first-order valence-corrected chi connectivity index (χ1v) is 6.93. The minimum absolute atomic E-state index is 0.489. The van der Waals surface area contributed by atoms with Crippen molar-refractivity contribution in [3.8, 4) is 5.75 Å². The number of hydrogen-bond donors (Lipinski definition) is 1. The van der Waals surface area contributed by atoms with E-state index in [2.05, 4.69) is 48.1 Å². The summed E-state index contributed by atoms with van der Waals surface area (Å²) >= 11 is 3.52. The lowest BCUT2D eigenvalue weighted by molar-refractivity contribution is 0.383. The molecule has 0 spiro atoms. The van der Waals surface area contributed by atoms with E-state index in [-0.39, 0.29) is 0 Å². The van der Waals surface area contributed by atoms with Gasteiger partial charge in [0.05, 0.1) is 7.11 Å². The fourth-order valence-corrected chi connectivity index (χ4v) is 2.36. The van der Waals surface area contributed by atoms with Crippen LogP contribution in [0.2, 0.25) is 0 Å². The van der Waals surface area contributed by atoms with E-state index in [9.17, 15) is 0 Å². The monoisotopic (exact) mass is 299 g/mol. The zero-order valence-electron chi connectivity index (χ0n) is 11.1. The molecule has 0 aromatic heterocycles. The fraction of sp³-hybridized carbons (Fsp3) is 0.571. The summed E-state index contributed by atoms with van der Waals surface area (Å²) in [4.78, 5) is 0. The summed E-state index contributed by atoms with van der Waals surface area (Å²) in [6, 6.07) is 6.66. The second kappa shape index (κ2) is 7.02. The molecule has 0 saturated carbocycles. The van der Waals surface area contributed by atoms with Crippen LogP contribution in [0.25, 0.3) is 0 Å². The van der Waals surface area contributed by atoms with Gasteiger partial charge in [-0.1, -0.05) is 36.7 Å². The molecule has 1 aromatic rings. The Kier molecular flexibility index (Phi) is 6.00. The lowest BCUT2D eigenvalue weighted by Crippen LogP contribution is -2.35. The molecule has 1 atom stereocenters.